The Hall–Kier alpha value is -4.10. The number of fused-ring (bicyclic) bond motifs is 13. The van der Waals surface area contributed by atoms with Gasteiger partial charge in [0.05, 0.1) is 11.4 Å². The van der Waals surface area contributed by atoms with Gasteiger partial charge in [-0.1, -0.05) is 125 Å². The molecule has 1 aliphatic heterocycles. The Kier molecular flexibility index (Phi) is 4.07. The van der Waals surface area contributed by atoms with Crippen molar-refractivity contribution in [3.8, 4) is 44.5 Å². The van der Waals surface area contributed by atoms with Gasteiger partial charge in [-0.3, -0.25) is 0 Å². The van der Waals surface area contributed by atoms with E-state index in [4.69, 9.17) is 0 Å². The highest BCUT2D eigenvalue weighted by atomic mass is 15.1. The number of hydrogen-bond donors (Lipinski definition) is 0. The van der Waals surface area contributed by atoms with Gasteiger partial charge in [0.15, 0.2) is 0 Å². The molecule has 0 unspecified atom stereocenters. The summed E-state index contributed by atoms with van der Waals surface area (Å²) in [5.41, 5.74) is 18.9. The summed E-state index contributed by atoms with van der Waals surface area (Å²) in [6.45, 7) is 9.61. The van der Waals surface area contributed by atoms with Gasteiger partial charge in [0.25, 0.3) is 0 Å². The third-order valence-electron chi connectivity index (χ3n) is 9.57. The van der Waals surface area contributed by atoms with Crippen LogP contribution in [0.25, 0.3) is 44.5 Å². The second-order valence-electron chi connectivity index (χ2n) is 12.2. The lowest BCUT2D eigenvalue weighted by Gasteiger charge is -2.34. The van der Waals surface area contributed by atoms with Gasteiger partial charge in [0, 0.05) is 29.0 Å². The summed E-state index contributed by atoms with van der Waals surface area (Å²) in [5.74, 6) is 0. The van der Waals surface area contributed by atoms with Crippen molar-refractivity contribution in [2.45, 2.75) is 38.5 Å². The highest BCUT2D eigenvalue weighted by molar-refractivity contribution is 6.06. The molecule has 8 rings (SSSR count). The zero-order chi connectivity index (χ0) is 26.0. The number of hydrogen-bond acceptors (Lipinski definition) is 1. The standard InChI is InChI=1S/C37H31N/c1-36(2)30-16-10-8-14-24(30)26-18-20-28-22-12-6-7-13-23(22)29-21-19-27-25-15-9-11-17-31(25)37(3,4)33(27)35(29)38(5)34(28)32(26)36/h6-21H,1-5H3. The molecule has 0 saturated carbocycles. The van der Waals surface area contributed by atoms with E-state index in [-0.39, 0.29) is 10.8 Å². The van der Waals surface area contributed by atoms with Crippen LogP contribution in [0.5, 0.6) is 0 Å². The molecule has 0 fully saturated rings. The molecule has 38 heavy (non-hydrogen) atoms. The summed E-state index contributed by atoms with van der Waals surface area (Å²) in [6, 6.07) is 36.4. The Morgan fingerprint density at radius 3 is 1.16 bits per heavy atom. The van der Waals surface area contributed by atoms with E-state index >= 15 is 0 Å². The topological polar surface area (TPSA) is 3.24 Å². The van der Waals surface area contributed by atoms with E-state index in [1.54, 1.807) is 0 Å². The molecule has 1 heteroatoms. The number of benzene rings is 5. The van der Waals surface area contributed by atoms with Crippen molar-refractivity contribution in [1.82, 2.24) is 0 Å². The van der Waals surface area contributed by atoms with Gasteiger partial charge in [0.1, 0.15) is 0 Å². The van der Waals surface area contributed by atoms with Crippen molar-refractivity contribution in [3.05, 3.63) is 119 Å². The predicted octanol–water partition coefficient (Wildman–Crippen LogP) is 9.71. The van der Waals surface area contributed by atoms with Crippen LogP contribution >= 0.6 is 0 Å². The van der Waals surface area contributed by atoms with Crippen LogP contribution in [0, 0.1) is 0 Å². The Bertz CT molecular complexity index is 1700. The van der Waals surface area contributed by atoms with Crippen molar-refractivity contribution >= 4 is 11.4 Å². The summed E-state index contributed by atoms with van der Waals surface area (Å²) in [6.07, 6.45) is 0. The molecule has 2 aliphatic carbocycles. The Balaban J connectivity index is 1.53. The van der Waals surface area contributed by atoms with Gasteiger partial charge < -0.3 is 4.90 Å². The molecule has 0 spiro atoms. The van der Waals surface area contributed by atoms with Gasteiger partial charge in [-0.05, 0) is 55.6 Å². The highest BCUT2D eigenvalue weighted by Crippen LogP contribution is 2.61. The van der Waals surface area contributed by atoms with Gasteiger partial charge in [0.2, 0.25) is 0 Å². The summed E-state index contributed by atoms with van der Waals surface area (Å²) in [5, 5.41) is 0. The molecule has 5 aromatic rings. The first kappa shape index (κ1) is 21.9. The molecule has 0 N–H and O–H groups in total. The Labute approximate surface area is 225 Å². The first-order valence-corrected chi connectivity index (χ1v) is 13.7. The van der Waals surface area contributed by atoms with E-state index in [1.807, 2.05) is 0 Å². The molecule has 1 nitrogen and oxygen atoms in total. The maximum Gasteiger partial charge on any atom is 0.0536 e. The van der Waals surface area contributed by atoms with Gasteiger partial charge in [-0.15, -0.1) is 0 Å². The smallest absolute Gasteiger partial charge is 0.0536 e. The van der Waals surface area contributed by atoms with Crippen LogP contribution in [-0.4, -0.2) is 7.05 Å². The summed E-state index contributed by atoms with van der Waals surface area (Å²) < 4.78 is 0. The average molecular weight is 490 g/mol. The first-order chi connectivity index (χ1) is 18.3. The average Bonchev–Trinajstić information content (AvgIpc) is 3.27. The van der Waals surface area contributed by atoms with E-state index < -0.39 is 0 Å². The fourth-order valence-corrected chi connectivity index (χ4v) is 7.89. The molecule has 0 atom stereocenters. The third-order valence-corrected chi connectivity index (χ3v) is 9.57. The van der Waals surface area contributed by atoms with Crippen LogP contribution in [0.3, 0.4) is 0 Å². The van der Waals surface area contributed by atoms with Gasteiger partial charge >= 0.3 is 0 Å². The zero-order valence-electron chi connectivity index (χ0n) is 22.7. The predicted molar refractivity (Wildman–Crippen MR) is 161 cm³/mol. The molecule has 0 amide bonds. The van der Waals surface area contributed by atoms with Crippen molar-refractivity contribution in [1.29, 1.82) is 0 Å². The first-order valence-electron chi connectivity index (χ1n) is 13.7. The molecule has 0 saturated heterocycles. The van der Waals surface area contributed by atoms with Crippen molar-refractivity contribution in [3.63, 3.8) is 0 Å². The molecule has 0 bridgehead atoms. The Morgan fingerprint density at radius 1 is 0.395 bits per heavy atom. The summed E-state index contributed by atoms with van der Waals surface area (Å²) in [7, 11) is 2.31. The second-order valence-corrected chi connectivity index (χ2v) is 12.2. The van der Waals surface area contributed by atoms with E-state index in [2.05, 4.69) is 137 Å². The van der Waals surface area contributed by atoms with Crippen molar-refractivity contribution < 1.29 is 0 Å². The van der Waals surface area contributed by atoms with Crippen molar-refractivity contribution in [2.75, 3.05) is 11.9 Å². The molecule has 184 valence electrons. The lowest BCUT2D eigenvalue weighted by Crippen LogP contribution is -2.24. The van der Waals surface area contributed by atoms with Gasteiger partial charge in [-0.25, -0.2) is 0 Å². The monoisotopic (exact) mass is 489 g/mol. The molecule has 3 aliphatic rings. The molecule has 0 radical (unpaired) electrons. The van der Waals surface area contributed by atoms with E-state index in [0.29, 0.717) is 0 Å². The van der Waals surface area contributed by atoms with Crippen LogP contribution in [0.15, 0.2) is 97.1 Å². The maximum atomic E-state index is 2.55. The SMILES string of the molecule is CN1c2c(ccc3c2C(C)(C)c2ccccc2-3)-c2ccccc2-c2ccc3c(c21)C(C)(C)c1ccccc1-3. The molecular formula is C37H31N. The number of anilines is 2. The Morgan fingerprint density at radius 2 is 0.737 bits per heavy atom. The van der Waals surface area contributed by atoms with Crippen LogP contribution < -0.4 is 4.90 Å². The lowest BCUT2D eigenvalue weighted by atomic mass is 9.79. The van der Waals surface area contributed by atoms with E-state index in [1.165, 1.54) is 78.1 Å². The number of nitrogens with zero attached hydrogens (tertiary/aromatic N) is 1. The summed E-state index contributed by atoms with van der Waals surface area (Å²) >= 11 is 0. The molecule has 0 aromatic heterocycles. The maximum absolute atomic E-state index is 2.55. The quantitative estimate of drug-likeness (QED) is 0.209. The number of rotatable bonds is 0. The van der Waals surface area contributed by atoms with Crippen LogP contribution in [0.1, 0.15) is 49.9 Å². The van der Waals surface area contributed by atoms with E-state index in [0.717, 1.165) is 0 Å². The molecule has 5 aromatic carbocycles. The largest absolute Gasteiger partial charge is 0.343 e. The van der Waals surface area contributed by atoms with Crippen LogP contribution in [0.4, 0.5) is 11.4 Å². The highest BCUT2D eigenvalue weighted by Gasteiger charge is 2.44. The minimum Gasteiger partial charge on any atom is -0.343 e. The fraction of sp³-hybridized carbons (Fsp3) is 0.189. The minimum atomic E-state index is -0.0958. The minimum absolute atomic E-state index is 0.0958. The van der Waals surface area contributed by atoms with Gasteiger partial charge in [-0.2, -0.15) is 0 Å². The van der Waals surface area contributed by atoms with E-state index in [9.17, 15) is 0 Å². The second kappa shape index (κ2) is 7.05. The lowest BCUT2D eigenvalue weighted by molar-refractivity contribution is 0.655. The normalized spacial score (nSPS) is 16.4. The van der Waals surface area contributed by atoms with Crippen LogP contribution in [-0.2, 0) is 10.8 Å². The zero-order valence-corrected chi connectivity index (χ0v) is 22.7. The fourth-order valence-electron chi connectivity index (χ4n) is 7.89. The van der Waals surface area contributed by atoms with Crippen molar-refractivity contribution in [2.24, 2.45) is 0 Å². The molecule has 1 heterocycles. The summed E-state index contributed by atoms with van der Waals surface area (Å²) in [4.78, 5) is 2.55. The van der Waals surface area contributed by atoms with Crippen LogP contribution in [0.2, 0.25) is 0 Å². The molecular weight excluding hydrogens is 458 g/mol. The third kappa shape index (κ3) is 2.48.